The molecule has 2 nitrogen and oxygen atoms in total. The summed E-state index contributed by atoms with van der Waals surface area (Å²) in [5.41, 5.74) is 1.11. The van der Waals surface area contributed by atoms with E-state index in [0.29, 0.717) is 0 Å². The predicted octanol–water partition coefficient (Wildman–Crippen LogP) is 5.14. The van der Waals surface area contributed by atoms with E-state index in [2.05, 4.69) is 31.9 Å². The Balaban J connectivity index is 2.24. The third kappa shape index (κ3) is 3.27. The molecule has 2 aromatic carbocycles. The molecule has 2 aromatic rings. The summed E-state index contributed by atoms with van der Waals surface area (Å²) >= 11 is 6.90. The fourth-order valence-electron chi connectivity index (χ4n) is 1.50. The minimum atomic E-state index is 0.756. The second-order valence-electron chi connectivity index (χ2n) is 3.66. The summed E-state index contributed by atoms with van der Waals surface area (Å²) in [6.07, 6.45) is 0. The van der Waals surface area contributed by atoms with Crippen LogP contribution < -0.4 is 9.47 Å². The Morgan fingerprint density at radius 2 is 1.67 bits per heavy atom. The monoisotopic (exact) mass is 370 g/mol. The first kappa shape index (κ1) is 13.4. The Morgan fingerprint density at radius 3 is 2.28 bits per heavy atom. The van der Waals surface area contributed by atoms with Crippen LogP contribution in [0.4, 0.5) is 0 Å². The number of halogens is 2. The molecule has 0 aliphatic carbocycles. The normalized spacial score (nSPS) is 10.2. The van der Waals surface area contributed by atoms with E-state index in [9.17, 15) is 0 Å². The van der Waals surface area contributed by atoms with Gasteiger partial charge in [0.1, 0.15) is 17.2 Å². The van der Waals surface area contributed by atoms with Crippen molar-refractivity contribution in [2.24, 2.45) is 0 Å². The van der Waals surface area contributed by atoms with Crippen LogP contribution in [0.25, 0.3) is 0 Å². The molecule has 0 aromatic heterocycles. The van der Waals surface area contributed by atoms with Crippen molar-refractivity contribution in [1.29, 1.82) is 0 Å². The molecule has 0 spiro atoms. The molecular weight excluding hydrogens is 360 g/mol. The van der Waals surface area contributed by atoms with Crippen LogP contribution in [0.5, 0.6) is 17.2 Å². The van der Waals surface area contributed by atoms with Gasteiger partial charge in [-0.15, -0.1) is 0 Å². The number of methoxy groups -OCH3 is 1. The molecule has 4 heteroatoms. The molecule has 0 atom stereocenters. The van der Waals surface area contributed by atoms with Crippen molar-refractivity contribution in [3.8, 4) is 17.2 Å². The summed E-state index contributed by atoms with van der Waals surface area (Å²) in [7, 11) is 1.65. The summed E-state index contributed by atoms with van der Waals surface area (Å²) in [5, 5.41) is 0.756. The highest BCUT2D eigenvalue weighted by Crippen LogP contribution is 2.30. The molecule has 0 saturated heterocycles. The van der Waals surface area contributed by atoms with E-state index in [1.165, 1.54) is 0 Å². The van der Waals surface area contributed by atoms with Crippen molar-refractivity contribution in [2.45, 2.75) is 5.33 Å². The zero-order valence-corrected chi connectivity index (χ0v) is 13.0. The maximum absolute atomic E-state index is 5.87. The van der Waals surface area contributed by atoms with Crippen LogP contribution in [0.1, 0.15) is 5.56 Å². The average Bonchev–Trinajstić information content (AvgIpc) is 2.40. The van der Waals surface area contributed by atoms with Crippen molar-refractivity contribution in [1.82, 2.24) is 0 Å². The maximum Gasteiger partial charge on any atom is 0.132 e. The Bertz CT molecular complexity index is 524. The largest absolute Gasteiger partial charge is 0.497 e. The van der Waals surface area contributed by atoms with Crippen molar-refractivity contribution in [2.75, 3.05) is 7.11 Å². The molecule has 0 amide bonds. The third-order valence-electron chi connectivity index (χ3n) is 2.46. The van der Waals surface area contributed by atoms with Gasteiger partial charge in [0, 0.05) is 15.4 Å². The zero-order valence-electron chi connectivity index (χ0n) is 9.82. The van der Waals surface area contributed by atoms with Gasteiger partial charge in [-0.05, 0) is 36.4 Å². The van der Waals surface area contributed by atoms with E-state index in [4.69, 9.17) is 9.47 Å². The smallest absolute Gasteiger partial charge is 0.132 e. The van der Waals surface area contributed by atoms with Gasteiger partial charge >= 0.3 is 0 Å². The molecule has 0 saturated carbocycles. The van der Waals surface area contributed by atoms with Crippen molar-refractivity contribution in [3.05, 3.63) is 52.5 Å². The molecule has 0 fully saturated rings. The molecule has 0 unspecified atom stereocenters. The van der Waals surface area contributed by atoms with E-state index in [0.717, 1.165) is 32.6 Å². The minimum absolute atomic E-state index is 0.756. The van der Waals surface area contributed by atoms with Crippen LogP contribution in [0, 0.1) is 0 Å². The molecule has 0 bridgehead atoms. The Kier molecular flexibility index (Phi) is 4.66. The van der Waals surface area contributed by atoms with Crippen LogP contribution in [0.3, 0.4) is 0 Å². The number of hydrogen-bond acceptors (Lipinski definition) is 2. The Hall–Kier alpha value is -1.00. The first-order valence-corrected chi connectivity index (χ1v) is 7.30. The van der Waals surface area contributed by atoms with Gasteiger partial charge in [0.2, 0.25) is 0 Å². The summed E-state index contributed by atoms with van der Waals surface area (Å²) in [6, 6.07) is 13.5. The summed E-state index contributed by atoms with van der Waals surface area (Å²) in [6.45, 7) is 0. The lowest BCUT2D eigenvalue weighted by Gasteiger charge is -2.10. The maximum atomic E-state index is 5.87. The van der Waals surface area contributed by atoms with Gasteiger partial charge in [-0.2, -0.15) is 0 Å². The number of alkyl halides is 1. The van der Waals surface area contributed by atoms with E-state index in [1.807, 2.05) is 42.5 Å². The summed E-state index contributed by atoms with van der Waals surface area (Å²) < 4.78 is 12.0. The molecule has 94 valence electrons. The van der Waals surface area contributed by atoms with Crippen molar-refractivity contribution < 1.29 is 9.47 Å². The lowest BCUT2D eigenvalue weighted by Crippen LogP contribution is -1.90. The number of hydrogen-bond donors (Lipinski definition) is 0. The van der Waals surface area contributed by atoms with E-state index in [-0.39, 0.29) is 0 Å². The fourth-order valence-corrected chi connectivity index (χ4v) is 2.31. The molecule has 18 heavy (non-hydrogen) atoms. The first-order chi connectivity index (χ1) is 8.72. The van der Waals surface area contributed by atoms with Crippen LogP contribution in [0.15, 0.2) is 46.9 Å². The predicted molar refractivity (Wildman–Crippen MR) is 79.8 cm³/mol. The quantitative estimate of drug-likeness (QED) is 0.692. The number of rotatable bonds is 4. The molecule has 0 heterocycles. The third-order valence-corrected chi connectivity index (χ3v) is 3.56. The van der Waals surface area contributed by atoms with Gasteiger partial charge in [-0.25, -0.2) is 0 Å². The average molecular weight is 372 g/mol. The van der Waals surface area contributed by atoms with E-state index in [1.54, 1.807) is 7.11 Å². The van der Waals surface area contributed by atoms with Crippen molar-refractivity contribution in [3.63, 3.8) is 0 Å². The van der Waals surface area contributed by atoms with Gasteiger partial charge in [0.05, 0.1) is 7.11 Å². The lowest BCUT2D eigenvalue weighted by atomic mass is 10.2. The second-order valence-corrected chi connectivity index (χ2v) is 5.14. The molecule has 0 aliphatic heterocycles. The Morgan fingerprint density at radius 1 is 1.00 bits per heavy atom. The highest BCUT2D eigenvalue weighted by molar-refractivity contribution is 9.10. The van der Waals surface area contributed by atoms with Gasteiger partial charge in [-0.3, -0.25) is 0 Å². The fraction of sp³-hybridized carbons (Fsp3) is 0.143. The number of ether oxygens (including phenoxy) is 2. The van der Waals surface area contributed by atoms with Gasteiger partial charge < -0.3 is 9.47 Å². The number of benzene rings is 2. The lowest BCUT2D eigenvalue weighted by molar-refractivity contribution is 0.412. The highest BCUT2D eigenvalue weighted by Gasteiger charge is 2.05. The molecule has 0 aliphatic rings. The van der Waals surface area contributed by atoms with E-state index < -0.39 is 0 Å². The Labute approximate surface area is 123 Å². The van der Waals surface area contributed by atoms with Crippen LogP contribution >= 0.6 is 31.9 Å². The summed E-state index contributed by atoms with van der Waals surface area (Å²) in [5.74, 6) is 2.44. The molecule has 0 radical (unpaired) electrons. The van der Waals surface area contributed by atoms with Crippen LogP contribution in [-0.4, -0.2) is 7.11 Å². The molecule has 2 rings (SSSR count). The second kappa shape index (κ2) is 6.25. The van der Waals surface area contributed by atoms with Crippen LogP contribution in [-0.2, 0) is 5.33 Å². The van der Waals surface area contributed by atoms with Crippen molar-refractivity contribution >= 4 is 31.9 Å². The zero-order chi connectivity index (χ0) is 13.0. The standard InChI is InChI=1S/C14H12Br2O2/c1-17-12-4-6-13(7-5-12)18-14-8-11(16)3-2-10(14)9-15/h2-8H,9H2,1H3. The topological polar surface area (TPSA) is 18.5 Å². The SMILES string of the molecule is COc1ccc(Oc2cc(Br)ccc2CBr)cc1. The molecular formula is C14H12Br2O2. The van der Waals surface area contributed by atoms with Crippen LogP contribution in [0.2, 0.25) is 0 Å². The van der Waals surface area contributed by atoms with Gasteiger partial charge in [0.15, 0.2) is 0 Å². The molecule has 0 N–H and O–H groups in total. The van der Waals surface area contributed by atoms with Gasteiger partial charge in [0.25, 0.3) is 0 Å². The highest BCUT2D eigenvalue weighted by atomic mass is 79.9. The van der Waals surface area contributed by atoms with Gasteiger partial charge in [-0.1, -0.05) is 37.9 Å². The summed E-state index contributed by atoms with van der Waals surface area (Å²) in [4.78, 5) is 0. The van der Waals surface area contributed by atoms with E-state index >= 15 is 0 Å². The minimum Gasteiger partial charge on any atom is -0.497 e. The first-order valence-electron chi connectivity index (χ1n) is 5.39.